The van der Waals surface area contributed by atoms with Crippen molar-refractivity contribution in [3.8, 4) is 5.75 Å². The van der Waals surface area contributed by atoms with Gasteiger partial charge in [-0.25, -0.2) is 8.42 Å². The lowest BCUT2D eigenvalue weighted by Gasteiger charge is -2.38. The average molecular weight is 469 g/mol. The summed E-state index contributed by atoms with van der Waals surface area (Å²) in [5.41, 5.74) is -0.425. The van der Waals surface area contributed by atoms with Crippen LogP contribution in [-0.2, 0) is 19.6 Å². The van der Waals surface area contributed by atoms with Crippen LogP contribution in [0.5, 0.6) is 5.75 Å². The number of methoxy groups -OCH3 is 1. The first-order valence-corrected chi connectivity index (χ1v) is 12.0. The van der Waals surface area contributed by atoms with E-state index in [1.54, 1.807) is 16.7 Å². The number of carbonyl (C=O) groups is 2. The number of hydrogen-bond acceptors (Lipinski definition) is 7. The Morgan fingerprint density at radius 3 is 2.44 bits per heavy atom. The molecule has 0 spiro atoms. The maximum absolute atomic E-state index is 13.0. The van der Waals surface area contributed by atoms with E-state index in [2.05, 4.69) is 0 Å². The monoisotopic (exact) mass is 468 g/mol. The van der Waals surface area contributed by atoms with E-state index in [-0.39, 0.29) is 54.6 Å². The fourth-order valence-electron chi connectivity index (χ4n) is 4.16. The first-order chi connectivity index (χ1) is 15.2. The molecule has 0 aromatic heterocycles. The number of nitro groups is 1. The molecule has 2 amide bonds. The van der Waals surface area contributed by atoms with Crippen molar-refractivity contribution in [1.82, 2.24) is 14.1 Å². The molecular weight excluding hydrogens is 440 g/mol. The molecule has 3 rings (SSSR count). The van der Waals surface area contributed by atoms with E-state index in [9.17, 15) is 28.1 Å². The summed E-state index contributed by atoms with van der Waals surface area (Å²) in [6.07, 6.45) is 1.88. The van der Waals surface area contributed by atoms with E-state index in [1.807, 2.05) is 0 Å². The molecule has 32 heavy (non-hydrogen) atoms. The van der Waals surface area contributed by atoms with Crippen molar-refractivity contribution in [2.75, 3.05) is 46.4 Å². The van der Waals surface area contributed by atoms with Gasteiger partial charge in [0, 0.05) is 51.8 Å². The molecule has 11 nitrogen and oxygen atoms in total. The molecule has 2 aliphatic heterocycles. The molecule has 1 unspecified atom stereocenters. The molecule has 12 heteroatoms. The third kappa shape index (κ3) is 4.85. The van der Waals surface area contributed by atoms with Gasteiger partial charge in [-0.2, -0.15) is 4.31 Å². The summed E-state index contributed by atoms with van der Waals surface area (Å²) in [6, 6.07) is 3.53. The summed E-state index contributed by atoms with van der Waals surface area (Å²) in [6.45, 7) is 3.51. The van der Waals surface area contributed by atoms with Crippen LogP contribution in [0.2, 0.25) is 0 Å². The second kappa shape index (κ2) is 9.82. The normalized spacial score (nSPS) is 20.1. The molecule has 0 radical (unpaired) electrons. The van der Waals surface area contributed by atoms with Crippen LogP contribution in [0.1, 0.15) is 26.2 Å². The molecule has 2 saturated heterocycles. The first-order valence-electron chi connectivity index (χ1n) is 10.6. The van der Waals surface area contributed by atoms with E-state index in [1.165, 1.54) is 23.5 Å². The molecule has 2 aliphatic rings. The van der Waals surface area contributed by atoms with Gasteiger partial charge in [0.1, 0.15) is 0 Å². The maximum Gasteiger partial charge on any atom is 0.312 e. The Balaban J connectivity index is 1.66. The average Bonchev–Trinajstić information content (AvgIpc) is 2.82. The Hall–Kier alpha value is -2.73. The number of likely N-dealkylation sites (tertiary alicyclic amines) is 1. The quantitative estimate of drug-likeness (QED) is 0.451. The summed E-state index contributed by atoms with van der Waals surface area (Å²) in [5.74, 6) is -0.318. The lowest BCUT2D eigenvalue weighted by Crippen LogP contribution is -2.54. The molecular formula is C20H28N4O7S. The number of amides is 2. The highest BCUT2D eigenvalue weighted by Crippen LogP contribution is 2.31. The zero-order valence-corrected chi connectivity index (χ0v) is 19.0. The molecule has 0 aliphatic carbocycles. The molecule has 1 aromatic rings. The van der Waals surface area contributed by atoms with Crippen LogP contribution < -0.4 is 4.74 Å². The van der Waals surface area contributed by atoms with Gasteiger partial charge in [-0.3, -0.25) is 19.7 Å². The van der Waals surface area contributed by atoms with Gasteiger partial charge in [-0.15, -0.1) is 0 Å². The first kappa shape index (κ1) is 23.9. The van der Waals surface area contributed by atoms with Crippen molar-refractivity contribution in [2.24, 2.45) is 5.92 Å². The summed E-state index contributed by atoms with van der Waals surface area (Å²) in [7, 11) is -2.68. The minimum atomic E-state index is -3.96. The van der Waals surface area contributed by atoms with Crippen LogP contribution in [0.25, 0.3) is 0 Å². The zero-order valence-electron chi connectivity index (χ0n) is 18.2. The van der Waals surface area contributed by atoms with Crippen molar-refractivity contribution < 1.29 is 27.7 Å². The summed E-state index contributed by atoms with van der Waals surface area (Å²) >= 11 is 0. The number of ether oxygens (including phenoxy) is 1. The molecule has 1 aromatic carbocycles. The summed E-state index contributed by atoms with van der Waals surface area (Å²) in [4.78, 5) is 38.7. The Morgan fingerprint density at radius 2 is 1.84 bits per heavy atom. The molecule has 176 valence electrons. The molecule has 1 atom stereocenters. The largest absolute Gasteiger partial charge is 0.490 e. The zero-order chi connectivity index (χ0) is 23.5. The number of nitro benzene ring substituents is 1. The van der Waals surface area contributed by atoms with E-state index >= 15 is 0 Å². The van der Waals surface area contributed by atoms with Gasteiger partial charge in [0.2, 0.25) is 21.8 Å². The topological polar surface area (TPSA) is 130 Å². The highest BCUT2D eigenvalue weighted by atomic mass is 32.2. The second-order valence-corrected chi connectivity index (χ2v) is 9.79. The lowest BCUT2D eigenvalue weighted by atomic mass is 9.96. The highest BCUT2D eigenvalue weighted by molar-refractivity contribution is 7.89. The number of carbonyl (C=O) groups excluding carboxylic acids is 2. The number of piperazine rings is 1. The van der Waals surface area contributed by atoms with Crippen LogP contribution in [0.3, 0.4) is 0 Å². The van der Waals surface area contributed by atoms with Crippen LogP contribution >= 0.6 is 0 Å². The predicted molar refractivity (Wildman–Crippen MR) is 115 cm³/mol. The van der Waals surface area contributed by atoms with E-state index in [4.69, 9.17) is 4.74 Å². The van der Waals surface area contributed by atoms with E-state index in [0.29, 0.717) is 25.9 Å². The Bertz CT molecular complexity index is 990. The summed E-state index contributed by atoms with van der Waals surface area (Å²) < 4.78 is 32.2. The van der Waals surface area contributed by atoms with Gasteiger partial charge < -0.3 is 14.5 Å². The van der Waals surface area contributed by atoms with Gasteiger partial charge in [-0.1, -0.05) is 6.92 Å². The second-order valence-electron chi connectivity index (χ2n) is 7.85. The van der Waals surface area contributed by atoms with Crippen molar-refractivity contribution in [1.29, 1.82) is 0 Å². The standard InChI is InChI=1S/C20H28N4O7S/c1-3-19(25)22-8-4-5-15(14-22)20(26)21-9-11-23(12-10-21)32(29,30)16-6-7-18(31-2)17(13-16)24(27)28/h6-7,13,15H,3-5,8-12,14H2,1-2H3. The number of benzene rings is 1. The van der Waals surface area contributed by atoms with Crippen molar-refractivity contribution in [3.63, 3.8) is 0 Å². The van der Waals surface area contributed by atoms with Crippen LogP contribution in [-0.4, -0.2) is 85.6 Å². The third-order valence-corrected chi connectivity index (χ3v) is 7.86. The van der Waals surface area contributed by atoms with Crippen molar-refractivity contribution >= 4 is 27.5 Å². The van der Waals surface area contributed by atoms with Crippen LogP contribution in [0.4, 0.5) is 5.69 Å². The fourth-order valence-corrected chi connectivity index (χ4v) is 5.60. The third-order valence-electron chi connectivity index (χ3n) is 5.96. The summed E-state index contributed by atoms with van der Waals surface area (Å²) in [5, 5.41) is 11.2. The SMILES string of the molecule is CCC(=O)N1CCCC(C(=O)N2CCN(S(=O)(=O)c3ccc(OC)c([N+](=O)[O-])c3)CC2)C1. The maximum atomic E-state index is 13.0. The number of rotatable bonds is 6. The van der Waals surface area contributed by atoms with E-state index in [0.717, 1.165) is 12.5 Å². The number of hydrogen-bond donors (Lipinski definition) is 0. The molecule has 2 fully saturated rings. The van der Waals surface area contributed by atoms with Crippen LogP contribution in [0, 0.1) is 16.0 Å². The molecule has 2 heterocycles. The molecule has 0 bridgehead atoms. The van der Waals surface area contributed by atoms with Gasteiger partial charge in [0.25, 0.3) is 0 Å². The van der Waals surface area contributed by atoms with Gasteiger partial charge >= 0.3 is 5.69 Å². The minimum Gasteiger partial charge on any atom is -0.490 e. The fraction of sp³-hybridized carbons (Fsp3) is 0.600. The Labute approximate surface area is 187 Å². The highest BCUT2D eigenvalue weighted by Gasteiger charge is 2.35. The van der Waals surface area contributed by atoms with Crippen LogP contribution in [0.15, 0.2) is 23.1 Å². The van der Waals surface area contributed by atoms with Crippen molar-refractivity contribution in [3.05, 3.63) is 28.3 Å². The Kier molecular flexibility index (Phi) is 7.34. The Morgan fingerprint density at radius 1 is 1.16 bits per heavy atom. The van der Waals surface area contributed by atoms with E-state index < -0.39 is 20.6 Å². The number of nitrogens with zero attached hydrogens (tertiary/aromatic N) is 4. The van der Waals surface area contributed by atoms with Gasteiger partial charge in [-0.05, 0) is 25.0 Å². The van der Waals surface area contributed by atoms with Gasteiger partial charge in [0.15, 0.2) is 5.75 Å². The number of piperidine rings is 1. The predicted octanol–water partition coefficient (Wildman–Crippen LogP) is 1.08. The number of sulfonamides is 1. The molecule has 0 N–H and O–H groups in total. The molecule has 0 saturated carbocycles. The van der Waals surface area contributed by atoms with Crippen molar-refractivity contribution in [2.45, 2.75) is 31.1 Å². The van der Waals surface area contributed by atoms with Gasteiger partial charge in [0.05, 0.1) is 22.8 Å². The lowest BCUT2D eigenvalue weighted by molar-refractivity contribution is -0.386. The minimum absolute atomic E-state index is 0.0209. The smallest absolute Gasteiger partial charge is 0.312 e.